The van der Waals surface area contributed by atoms with Gasteiger partial charge in [-0.3, -0.25) is 9.69 Å². The van der Waals surface area contributed by atoms with Crippen LogP contribution in [-0.4, -0.2) is 46.3 Å². The maximum Gasteiger partial charge on any atom is 0.223 e. The number of aliphatic hydroxyl groups excluding tert-OH is 1. The van der Waals surface area contributed by atoms with E-state index in [1.807, 2.05) is 13.8 Å². The second kappa shape index (κ2) is 7.66. The van der Waals surface area contributed by atoms with Crippen LogP contribution in [0.15, 0.2) is 4.52 Å². The first-order valence-corrected chi connectivity index (χ1v) is 9.17. The highest BCUT2D eigenvalue weighted by Crippen LogP contribution is 2.25. The van der Waals surface area contributed by atoms with Gasteiger partial charge >= 0.3 is 0 Å². The molecule has 2 N–H and O–H groups in total. The molecule has 1 aliphatic carbocycles. The molecule has 1 aromatic rings. The quantitative estimate of drug-likeness (QED) is 0.879. The lowest BCUT2D eigenvalue weighted by Gasteiger charge is -2.37. The highest BCUT2D eigenvalue weighted by Gasteiger charge is 2.31. The molecule has 0 unspecified atom stereocenters. The average Bonchev–Trinajstić information content (AvgIpc) is 2.90. The van der Waals surface area contributed by atoms with E-state index in [0.717, 1.165) is 62.2 Å². The number of β-amino-alcohol motifs (C(OH)–C–C–N with tert-alkyl or cyclic N) is 1. The number of carbonyl (C=O) groups is 1. The average molecular weight is 335 g/mol. The predicted octanol–water partition coefficient (Wildman–Crippen LogP) is 1.92. The number of nitrogens with one attached hydrogen (secondary N) is 1. The standard InChI is InChI=1S/C18H29N3O3/c1-12-15(13(2)24-20-12)10-21-9-8-16(17(22)11-21)19-18(23)14-6-4-3-5-7-14/h14,16-17,22H,3-11H2,1-2H3,(H,19,23)/t16-,17-/m1/s1. The fourth-order valence-corrected chi connectivity index (χ4v) is 3.93. The van der Waals surface area contributed by atoms with Crippen LogP contribution in [0.4, 0.5) is 0 Å². The van der Waals surface area contributed by atoms with E-state index in [9.17, 15) is 9.90 Å². The summed E-state index contributed by atoms with van der Waals surface area (Å²) in [6, 6.07) is -0.125. The Morgan fingerprint density at radius 2 is 2.04 bits per heavy atom. The van der Waals surface area contributed by atoms with Gasteiger partial charge in [0, 0.05) is 31.1 Å². The van der Waals surface area contributed by atoms with Crippen molar-refractivity contribution in [2.24, 2.45) is 5.92 Å². The van der Waals surface area contributed by atoms with Crippen LogP contribution in [0.3, 0.4) is 0 Å². The number of aromatic nitrogens is 1. The molecule has 1 saturated carbocycles. The molecule has 0 bridgehead atoms. The Morgan fingerprint density at radius 1 is 1.29 bits per heavy atom. The zero-order valence-electron chi connectivity index (χ0n) is 14.8. The van der Waals surface area contributed by atoms with Gasteiger partial charge in [0.2, 0.25) is 5.91 Å². The van der Waals surface area contributed by atoms with Crippen LogP contribution in [0.25, 0.3) is 0 Å². The van der Waals surface area contributed by atoms with Crippen LogP contribution in [0.5, 0.6) is 0 Å². The third kappa shape index (κ3) is 3.98. The summed E-state index contributed by atoms with van der Waals surface area (Å²) < 4.78 is 5.21. The summed E-state index contributed by atoms with van der Waals surface area (Å²) in [5, 5.41) is 17.5. The molecule has 1 aliphatic heterocycles. The highest BCUT2D eigenvalue weighted by molar-refractivity contribution is 5.79. The summed E-state index contributed by atoms with van der Waals surface area (Å²) in [5.41, 5.74) is 2.02. The van der Waals surface area contributed by atoms with Crippen molar-refractivity contribution in [1.29, 1.82) is 0 Å². The minimum absolute atomic E-state index is 0.125. The molecule has 2 fully saturated rings. The molecule has 24 heavy (non-hydrogen) atoms. The van der Waals surface area contributed by atoms with Crippen LogP contribution in [0.1, 0.15) is 55.5 Å². The van der Waals surface area contributed by atoms with Gasteiger partial charge in [0.25, 0.3) is 0 Å². The number of aryl methyl sites for hydroxylation is 2. The zero-order chi connectivity index (χ0) is 17.1. The molecule has 6 nitrogen and oxygen atoms in total. The van der Waals surface area contributed by atoms with Gasteiger partial charge in [-0.15, -0.1) is 0 Å². The summed E-state index contributed by atoms with van der Waals surface area (Å²) >= 11 is 0. The van der Waals surface area contributed by atoms with Crippen LogP contribution >= 0.6 is 0 Å². The first kappa shape index (κ1) is 17.4. The van der Waals surface area contributed by atoms with Crippen molar-refractivity contribution in [3.8, 4) is 0 Å². The summed E-state index contributed by atoms with van der Waals surface area (Å²) in [6.07, 6.45) is 5.79. The van der Waals surface area contributed by atoms with Gasteiger partial charge in [0.15, 0.2) is 0 Å². The Bertz CT molecular complexity index is 546. The Morgan fingerprint density at radius 3 is 2.67 bits per heavy atom. The SMILES string of the molecule is Cc1noc(C)c1CN1CC[C@@H](NC(=O)C2CCCCC2)[C@H](O)C1. The summed E-state index contributed by atoms with van der Waals surface area (Å²) in [4.78, 5) is 14.6. The molecule has 2 heterocycles. The van der Waals surface area contributed by atoms with E-state index in [-0.39, 0.29) is 17.9 Å². The summed E-state index contributed by atoms with van der Waals surface area (Å²) in [5.74, 6) is 1.12. The van der Waals surface area contributed by atoms with E-state index < -0.39 is 6.10 Å². The van der Waals surface area contributed by atoms with Crippen molar-refractivity contribution in [2.75, 3.05) is 13.1 Å². The molecule has 0 radical (unpaired) electrons. The molecule has 1 saturated heterocycles. The van der Waals surface area contributed by atoms with E-state index in [2.05, 4.69) is 15.4 Å². The third-order valence-corrected chi connectivity index (χ3v) is 5.53. The van der Waals surface area contributed by atoms with Crippen molar-refractivity contribution in [2.45, 2.75) is 71.1 Å². The second-order valence-corrected chi connectivity index (χ2v) is 7.34. The van der Waals surface area contributed by atoms with Crippen molar-refractivity contribution in [3.05, 3.63) is 17.0 Å². The molecule has 0 spiro atoms. The molecule has 2 aliphatic rings. The fourth-order valence-electron chi connectivity index (χ4n) is 3.93. The van der Waals surface area contributed by atoms with E-state index in [4.69, 9.17) is 4.52 Å². The predicted molar refractivity (Wildman–Crippen MR) is 90.4 cm³/mol. The maximum atomic E-state index is 12.4. The molecule has 134 valence electrons. The van der Waals surface area contributed by atoms with E-state index in [0.29, 0.717) is 6.54 Å². The summed E-state index contributed by atoms with van der Waals surface area (Å²) in [6.45, 7) is 6.03. The van der Waals surface area contributed by atoms with Crippen LogP contribution in [0, 0.1) is 19.8 Å². The minimum Gasteiger partial charge on any atom is -0.390 e. The molecule has 6 heteroatoms. The third-order valence-electron chi connectivity index (χ3n) is 5.53. The fraction of sp³-hybridized carbons (Fsp3) is 0.778. The first-order valence-electron chi connectivity index (χ1n) is 9.17. The normalized spacial score (nSPS) is 26.5. The number of hydrogen-bond acceptors (Lipinski definition) is 5. The topological polar surface area (TPSA) is 78.6 Å². The highest BCUT2D eigenvalue weighted by atomic mass is 16.5. The number of piperidine rings is 1. The van der Waals surface area contributed by atoms with Crippen molar-refractivity contribution in [1.82, 2.24) is 15.4 Å². The first-order chi connectivity index (χ1) is 11.5. The smallest absolute Gasteiger partial charge is 0.223 e. The van der Waals surface area contributed by atoms with Crippen LogP contribution in [-0.2, 0) is 11.3 Å². The van der Waals surface area contributed by atoms with Crippen LogP contribution < -0.4 is 5.32 Å². The van der Waals surface area contributed by atoms with Crippen molar-refractivity contribution in [3.63, 3.8) is 0 Å². The number of nitrogens with zero attached hydrogens (tertiary/aromatic N) is 2. The lowest BCUT2D eigenvalue weighted by molar-refractivity contribution is -0.128. The number of likely N-dealkylation sites (tertiary alicyclic amines) is 1. The number of aliphatic hydroxyl groups is 1. The van der Waals surface area contributed by atoms with Gasteiger partial charge in [-0.05, 0) is 33.1 Å². The lowest BCUT2D eigenvalue weighted by Crippen LogP contribution is -2.54. The van der Waals surface area contributed by atoms with E-state index in [1.54, 1.807) is 0 Å². The monoisotopic (exact) mass is 335 g/mol. The largest absolute Gasteiger partial charge is 0.390 e. The van der Waals surface area contributed by atoms with Crippen LogP contribution in [0.2, 0.25) is 0 Å². The van der Waals surface area contributed by atoms with Gasteiger partial charge in [-0.25, -0.2) is 0 Å². The van der Waals surface area contributed by atoms with Gasteiger partial charge in [0.1, 0.15) is 5.76 Å². The summed E-state index contributed by atoms with van der Waals surface area (Å²) in [7, 11) is 0. The molecule has 1 aromatic heterocycles. The van der Waals surface area contributed by atoms with Gasteiger partial charge in [-0.2, -0.15) is 0 Å². The Hall–Kier alpha value is -1.40. The maximum absolute atomic E-state index is 12.4. The number of amides is 1. The van der Waals surface area contributed by atoms with Crippen molar-refractivity contribution < 1.29 is 14.4 Å². The Labute approximate surface area is 143 Å². The number of carbonyl (C=O) groups excluding carboxylic acids is 1. The minimum atomic E-state index is -0.522. The van der Waals surface area contributed by atoms with Gasteiger partial charge < -0.3 is 14.9 Å². The zero-order valence-corrected chi connectivity index (χ0v) is 14.8. The molecule has 1 amide bonds. The molecular weight excluding hydrogens is 306 g/mol. The Balaban J connectivity index is 1.50. The second-order valence-electron chi connectivity index (χ2n) is 7.34. The molecular formula is C18H29N3O3. The Kier molecular flexibility index (Phi) is 5.56. The van der Waals surface area contributed by atoms with E-state index in [1.165, 1.54) is 6.42 Å². The number of hydrogen-bond donors (Lipinski definition) is 2. The van der Waals surface area contributed by atoms with Gasteiger partial charge in [-0.1, -0.05) is 24.4 Å². The molecule has 0 aromatic carbocycles. The van der Waals surface area contributed by atoms with Gasteiger partial charge in [0.05, 0.1) is 17.8 Å². The number of rotatable bonds is 4. The van der Waals surface area contributed by atoms with E-state index >= 15 is 0 Å². The van der Waals surface area contributed by atoms with Crippen molar-refractivity contribution >= 4 is 5.91 Å². The molecule has 3 rings (SSSR count). The molecule has 2 atom stereocenters. The lowest BCUT2D eigenvalue weighted by atomic mass is 9.88.